The Balaban J connectivity index is 2.19. The Labute approximate surface area is 74.1 Å². The van der Waals surface area contributed by atoms with Gasteiger partial charge in [-0.1, -0.05) is 0 Å². The summed E-state index contributed by atoms with van der Waals surface area (Å²) in [6.45, 7) is 3.15. The lowest BCUT2D eigenvalue weighted by Gasteiger charge is -2.31. The fraction of sp³-hybridized carbons (Fsp3) is 0.889. The summed E-state index contributed by atoms with van der Waals surface area (Å²) in [6.07, 6.45) is 4.10. The Hall–Kier alpha value is -0.410. The number of carbonyl (C=O) groups excluding carboxylic acids is 1. The van der Waals surface area contributed by atoms with Crippen LogP contribution in [0.5, 0.6) is 0 Å². The van der Waals surface area contributed by atoms with Crippen LogP contribution in [0, 0.1) is 0 Å². The van der Waals surface area contributed by atoms with Gasteiger partial charge in [-0.05, 0) is 33.0 Å². The topological polar surface area (TPSA) is 32.3 Å². The number of aldehydes is 1. The van der Waals surface area contributed by atoms with E-state index in [1.54, 1.807) is 0 Å². The van der Waals surface area contributed by atoms with Gasteiger partial charge in [0.1, 0.15) is 6.29 Å². The number of hydrogen-bond acceptors (Lipinski definition) is 3. The predicted octanol–water partition coefficient (Wildman–Crippen LogP) is 0.259. The summed E-state index contributed by atoms with van der Waals surface area (Å²) in [4.78, 5) is 12.5. The van der Waals surface area contributed by atoms with Crippen LogP contribution in [0.3, 0.4) is 0 Å². The Bertz CT molecular complexity index is 132. The standard InChI is InChI=1S/C9H18N2O/c1-11(7-2-8-12)9-3-5-10-6-4-9/h8-10H,2-7H2,1H3. The molecule has 0 atom stereocenters. The molecule has 0 saturated carbocycles. The van der Waals surface area contributed by atoms with Crippen molar-refractivity contribution in [1.82, 2.24) is 10.2 Å². The molecule has 0 aromatic carbocycles. The average Bonchev–Trinajstić information content (AvgIpc) is 2.15. The molecule has 0 unspecified atom stereocenters. The van der Waals surface area contributed by atoms with Crippen molar-refractivity contribution in [2.24, 2.45) is 0 Å². The van der Waals surface area contributed by atoms with E-state index in [2.05, 4.69) is 17.3 Å². The van der Waals surface area contributed by atoms with Crippen molar-refractivity contribution in [3.05, 3.63) is 0 Å². The van der Waals surface area contributed by atoms with Crippen LogP contribution in [0.15, 0.2) is 0 Å². The second kappa shape index (κ2) is 5.27. The summed E-state index contributed by atoms with van der Waals surface area (Å²) < 4.78 is 0. The molecule has 0 spiro atoms. The molecule has 0 aromatic rings. The maximum atomic E-state index is 10.2. The zero-order valence-corrected chi connectivity index (χ0v) is 7.75. The molecule has 70 valence electrons. The van der Waals surface area contributed by atoms with Gasteiger partial charge in [0, 0.05) is 19.0 Å². The summed E-state index contributed by atoms with van der Waals surface area (Å²) in [5.74, 6) is 0. The molecule has 3 heteroatoms. The minimum absolute atomic E-state index is 0.667. The Kier molecular flexibility index (Phi) is 4.25. The number of nitrogens with zero attached hydrogens (tertiary/aromatic N) is 1. The van der Waals surface area contributed by atoms with Crippen LogP contribution in [0.4, 0.5) is 0 Å². The fourth-order valence-corrected chi connectivity index (χ4v) is 1.69. The monoisotopic (exact) mass is 170 g/mol. The van der Waals surface area contributed by atoms with E-state index in [1.807, 2.05) is 0 Å². The zero-order chi connectivity index (χ0) is 8.81. The normalized spacial score (nSPS) is 19.8. The van der Waals surface area contributed by atoms with Crippen molar-refractivity contribution >= 4 is 6.29 Å². The van der Waals surface area contributed by atoms with E-state index in [0.717, 1.165) is 25.9 Å². The summed E-state index contributed by atoms with van der Waals surface area (Å²) in [5.41, 5.74) is 0. The molecule has 0 radical (unpaired) electrons. The minimum Gasteiger partial charge on any atom is -0.317 e. The van der Waals surface area contributed by atoms with Crippen molar-refractivity contribution < 1.29 is 4.79 Å². The largest absolute Gasteiger partial charge is 0.317 e. The number of carbonyl (C=O) groups is 1. The van der Waals surface area contributed by atoms with Crippen molar-refractivity contribution in [2.75, 3.05) is 26.7 Å². The zero-order valence-electron chi connectivity index (χ0n) is 7.75. The first kappa shape index (κ1) is 9.68. The highest BCUT2D eigenvalue weighted by atomic mass is 16.1. The van der Waals surface area contributed by atoms with E-state index in [1.165, 1.54) is 12.8 Å². The second-order valence-corrected chi connectivity index (χ2v) is 3.42. The van der Waals surface area contributed by atoms with Gasteiger partial charge in [0.2, 0.25) is 0 Å². The quantitative estimate of drug-likeness (QED) is 0.614. The van der Waals surface area contributed by atoms with Crippen LogP contribution in [-0.2, 0) is 4.79 Å². The van der Waals surface area contributed by atoms with E-state index in [9.17, 15) is 4.79 Å². The fourth-order valence-electron chi connectivity index (χ4n) is 1.69. The van der Waals surface area contributed by atoms with E-state index in [0.29, 0.717) is 12.5 Å². The first-order valence-electron chi connectivity index (χ1n) is 4.69. The van der Waals surface area contributed by atoms with E-state index >= 15 is 0 Å². The van der Waals surface area contributed by atoms with Crippen LogP contribution in [0.1, 0.15) is 19.3 Å². The van der Waals surface area contributed by atoms with Crippen LogP contribution in [0.25, 0.3) is 0 Å². The van der Waals surface area contributed by atoms with Gasteiger partial charge >= 0.3 is 0 Å². The molecule has 1 aliphatic rings. The summed E-state index contributed by atoms with van der Waals surface area (Å²) in [5, 5.41) is 3.33. The number of nitrogens with one attached hydrogen (secondary N) is 1. The third-order valence-corrected chi connectivity index (χ3v) is 2.53. The summed E-state index contributed by atoms with van der Waals surface area (Å²) in [7, 11) is 2.11. The van der Waals surface area contributed by atoms with Crippen LogP contribution in [-0.4, -0.2) is 43.9 Å². The van der Waals surface area contributed by atoms with Crippen LogP contribution < -0.4 is 5.32 Å². The molecule has 3 nitrogen and oxygen atoms in total. The Morgan fingerprint density at radius 3 is 2.75 bits per heavy atom. The van der Waals surface area contributed by atoms with Gasteiger partial charge in [-0.2, -0.15) is 0 Å². The van der Waals surface area contributed by atoms with Gasteiger partial charge < -0.3 is 15.0 Å². The third-order valence-electron chi connectivity index (χ3n) is 2.53. The lowest BCUT2D eigenvalue weighted by Crippen LogP contribution is -2.41. The smallest absolute Gasteiger partial charge is 0.121 e. The number of hydrogen-bond donors (Lipinski definition) is 1. The first-order chi connectivity index (χ1) is 5.84. The van der Waals surface area contributed by atoms with Gasteiger partial charge in [-0.25, -0.2) is 0 Å². The second-order valence-electron chi connectivity index (χ2n) is 3.42. The van der Waals surface area contributed by atoms with Gasteiger partial charge in [0.15, 0.2) is 0 Å². The van der Waals surface area contributed by atoms with E-state index in [-0.39, 0.29) is 0 Å². The summed E-state index contributed by atoms with van der Waals surface area (Å²) in [6, 6.07) is 0.686. The third kappa shape index (κ3) is 2.91. The Morgan fingerprint density at radius 1 is 1.50 bits per heavy atom. The molecule has 1 rings (SSSR count). The average molecular weight is 170 g/mol. The maximum absolute atomic E-state index is 10.2. The van der Waals surface area contributed by atoms with Crippen LogP contribution >= 0.6 is 0 Å². The van der Waals surface area contributed by atoms with Gasteiger partial charge in [0.05, 0.1) is 0 Å². The van der Waals surface area contributed by atoms with Crippen molar-refractivity contribution in [1.29, 1.82) is 0 Å². The van der Waals surface area contributed by atoms with Gasteiger partial charge in [-0.3, -0.25) is 0 Å². The number of piperidine rings is 1. The van der Waals surface area contributed by atoms with Crippen molar-refractivity contribution in [3.8, 4) is 0 Å². The molecule has 0 amide bonds. The van der Waals surface area contributed by atoms with Gasteiger partial charge in [0.25, 0.3) is 0 Å². The van der Waals surface area contributed by atoms with Crippen molar-refractivity contribution in [2.45, 2.75) is 25.3 Å². The van der Waals surface area contributed by atoms with Gasteiger partial charge in [-0.15, -0.1) is 0 Å². The van der Waals surface area contributed by atoms with E-state index in [4.69, 9.17) is 0 Å². The molecular formula is C9H18N2O. The SMILES string of the molecule is CN(CCC=O)C1CCNCC1. The minimum atomic E-state index is 0.667. The molecule has 1 saturated heterocycles. The lowest BCUT2D eigenvalue weighted by molar-refractivity contribution is -0.108. The highest BCUT2D eigenvalue weighted by molar-refractivity contribution is 5.49. The molecule has 0 bridgehead atoms. The molecule has 1 fully saturated rings. The predicted molar refractivity (Wildman–Crippen MR) is 49.2 cm³/mol. The highest BCUT2D eigenvalue weighted by Crippen LogP contribution is 2.09. The first-order valence-corrected chi connectivity index (χ1v) is 4.69. The highest BCUT2D eigenvalue weighted by Gasteiger charge is 2.16. The molecule has 1 heterocycles. The van der Waals surface area contributed by atoms with Crippen molar-refractivity contribution in [3.63, 3.8) is 0 Å². The molecule has 12 heavy (non-hydrogen) atoms. The molecule has 0 aromatic heterocycles. The lowest BCUT2D eigenvalue weighted by atomic mass is 10.1. The maximum Gasteiger partial charge on any atom is 0.121 e. The molecule has 1 aliphatic heterocycles. The molecular weight excluding hydrogens is 152 g/mol. The molecule has 0 aliphatic carbocycles. The number of rotatable bonds is 4. The molecule has 1 N–H and O–H groups in total. The van der Waals surface area contributed by atoms with E-state index < -0.39 is 0 Å². The summed E-state index contributed by atoms with van der Waals surface area (Å²) >= 11 is 0. The van der Waals surface area contributed by atoms with Crippen LogP contribution in [0.2, 0.25) is 0 Å². The Morgan fingerprint density at radius 2 is 2.17 bits per heavy atom.